The summed E-state index contributed by atoms with van der Waals surface area (Å²) in [7, 11) is -3.76. The number of anilines is 1. The van der Waals surface area contributed by atoms with E-state index in [1.165, 1.54) is 0 Å². The molecule has 3 aromatic carbocycles. The van der Waals surface area contributed by atoms with Gasteiger partial charge in [-0.3, -0.25) is 9.10 Å². The number of hydrazone groups is 1. The molecule has 1 N–H and O–H groups in total. The van der Waals surface area contributed by atoms with Gasteiger partial charge in [0.15, 0.2) is 0 Å². The van der Waals surface area contributed by atoms with Gasteiger partial charge in [-0.2, -0.15) is 5.10 Å². The number of hydrogen-bond donors (Lipinski definition) is 1. The third kappa shape index (κ3) is 2.96. The lowest BCUT2D eigenvalue weighted by Gasteiger charge is -2.17. The molecule has 0 aromatic heterocycles. The molecule has 0 atom stereocenters. The van der Waals surface area contributed by atoms with E-state index in [1.54, 1.807) is 30.5 Å². The monoisotopic (exact) mass is 379 g/mol. The molecule has 1 aliphatic heterocycles. The lowest BCUT2D eigenvalue weighted by Crippen LogP contribution is -2.37. The Hall–Kier alpha value is -3.19. The molecule has 1 aliphatic rings. The molecule has 0 saturated heterocycles. The molecule has 4 rings (SSSR count). The van der Waals surface area contributed by atoms with Gasteiger partial charge in [-0.05, 0) is 35.6 Å². The van der Waals surface area contributed by atoms with Gasteiger partial charge in [0.05, 0.1) is 16.8 Å². The van der Waals surface area contributed by atoms with E-state index in [0.29, 0.717) is 11.1 Å². The quantitative estimate of drug-likeness (QED) is 0.559. The Labute approximate surface area is 157 Å². The molecule has 0 radical (unpaired) electrons. The molecule has 0 bridgehead atoms. The van der Waals surface area contributed by atoms with Crippen LogP contribution in [0.2, 0.25) is 0 Å². The minimum absolute atomic E-state index is 0.229. The third-order valence-electron chi connectivity index (χ3n) is 4.55. The standard InChI is InChI=1S/C20H17N3O3S/c1-14-6-2-3-7-16(14)12-21-22-19(24)13-23-17-10-4-8-15-9-5-11-18(20(15)17)27(23,25)26/h2-12H,13H2,1H3,(H,22,24)/b21-12-. The van der Waals surface area contributed by atoms with Crippen LogP contribution in [0.25, 0.3) is 10.8 Å². The molecule has 136 valence electrons. The van der Waals surface area contributed by atoms with E-state index >= 15 is 0 Å². The fourth-order valence-electron chi connectivity index (χ4n) is 3.20. The minimum Gasteiger partial charge on any atom is -0.271 e. The van der Waals surface area contributed by atoms with Crippen LogP contribution >= 0.6 is 0 Å². The van der Waals surface area contributed by atoms with Crippen LogP contribution in [0.1, 0.15) is 11.1 Å². The number of amides is 1. The summed E-state index contributed by atoms with van der Waals surface area (Å²) in [5.74, 6) is -0.506. The van der Waals surface area contributed by atoms with Crippen molar-refractivity contribution < 1.29 is 13.2 Å². The number of benzene rings is 3. The highest BCUT2D eigenvalue weighted by Crippen LogP contribution is 2.41. The summed E-state index contributed by atoms with van der Waals surface area (Å²) in [6.45, 7) is 1.61. The number of hydrogen-bond acceptors (Lipinski definition) is 4. The van der Waals surface area contributed by atoms with Crippen molar-refractivity contribution in [2.24, 2.45) is 5.10 Å². The summed E-state index contributed by atoms with van der Waals surface area (Å²) in [4.78, 5) is 12.5. The molecular weight excluding hydrogens is 362 g/mol. The summed E-state index contributed by atoms with van der Waals surface area (Å²) in [6.07, 6.45) is 1.54. The zero-order valence-electron chi connectivity index (χ0n) is 14.6. The second-order valence-electron chi connectivity index (χ2n) is 6.29. The van der Waals surface area contributed by atoms with E-state index in [9.17, 15) is 13.2 Å². The summed E-state index contributed by atoms with van der Waals surface area (Å²) in [6, 6.07) is 18.1. The Balaban J connectivity index is 1.56. The predicted octanol–water partition coefficient (Wildman–Crippen LogP) is 2.81. The van der Waals surface area contributed by atoms with E-state index in [0.717, 1.165) is 20.8 Å². The molecule has 3 aromatic rings. The van der Waals surface area contributed by atoms with Gasteiger partial charge in [0.2, 0.25) is 0 Å². The van der Waals surface area contributed by atoms with Crippen molar-refractivity contribution in [2.75, 3.05) is 10.8 Å². The second kappa shape index (κ2) is 6.51. The number of sulfonamides is 1. The number of nitrogens with one attached hydrogen (secondary N) is 1. The Bertz CT molecular complexity index is 1180. The van der Waals surface area contributed by atoms with Gasteiger partial charge < -0.3 is 0 Å². The van der Waals surface area contributed by atoms with Gasteiger partial charge in [-0.1, -0.05) is 48.5 Å². The molecule has 0 unspecified atom stereocenters. The van der Waals surface area contributed by atoms with Crippen molar-refractivity contribution in [1.29, 1.82) is 0 Å². The van der Waals surface area contributed by atoms with Gasteiger partial charge in [0, 0.05) is 5.39 Å². The molecule has 27 heavy (non-hydrogen) atoms. The topological polar surface area (TPSA) is 78.8 Å². The van der Waals surface area contributed by atoms with Crippen LogP contribution in [0, 0.1) is 6.92 Å². The lowest BCUT2D eigenvalue weighted by molar-refractivity contribution is -0.119. The zero-order valence-corrected chi connectivity index (χ0v) is 15.4. The number of nitrogens with zero attached hydrogens (tertiary/aromatic N) is 2. The van der Waals surface area contributed by atoms with Crippen LogP contribution in [-0.2, 0) is 14.8 Å². The first-order valence-corrected chi connectivity index (χ1v) is 9.84. The van der Waals surface area contributed by atoms with Crippen LogP contribution in [0.3, 0.4) is 0 Å². The Morgan fingerprint density at radius 3 is 2.59 bits per heavy atom. The molecule has 0 fully saturated rings. The number of rotatable bonds is 4. The van der Waals surface area contributed by atoms with E-state index in [2.05, 4.69) is 10.5 Å². The summed E-state index contributed by atoms with van der Waals surface area (Å²) in [5.41, 5.74) is 4.83. The summed E-state index contributed by atoms with van der Waals surface area (Å²) < 4.78 is 26.8. The van der Waals surface area contributed by atoms with Gasteiger partial charge in [-0.15, -0.1) is 0 Å². The Kier molecular flexibility index (Phi) is 4.16. The minimum atomic E-state index is -3.76. The van der Waals surface area contributed by atoms with Gasteiger partial charge >= 0.3 is 0 Å². The molecule has 0 spiro atoms. The van der Waals surface area contributed by atoms with E-state index in [1.807, 2.05) is 43.3 Å². The first kappa shape index (κ1) is 17.2. The molecule has 0 saturated carbocycles. The van der Waals surface area contributed by atoms with Crippen LogP contribution in [0.4, 0.5) is 5.69 Å². The SMILES string of the molecule is Cc1ccccc1/C=N\NC(=O)CN1c2cccc3cccc(c23)S1(=O)=O. The smallest absolute Gasteiger partial charge is 0.265 e. The van der Waals surface area contributed by atoms with Gasteiger partial charge in [0.1, 0.15) is 6.54 Å². The lowest BCUT2D eigenvalue weighted by atomic mass is 10.1. The third-order valence-corrected chi connectivity index (χ3v) is 6.35. The van der Waals surface area contributed by atoms with Crippen LogP contribution in [-0.4, -0.2) is 27.1 Å². The van der Waals surface area contributed by atoms with Crippen molar-refractivity contribution >= 4 is 38.6 Å². The first-order chi connectivity index (χ1) is 13.0. The van der Waals surface area contributed by atoms with Crippen LogP contribution < -0.4 is 9.73 Å². The average molecular weight is 379 g/mol. The summed E-state index contributed by atoms with van der Waals surface area (Å²) >= 11 is 0. The maximum absolute atomic E-state index is 12.8. The Morgan fingerprint density at radius 1 is 1.07 bits per heavy atom. The largest absolute Gasteiger partial charge is 0.271 e. The summed E-state index contributed by atoms with van der Waals surface area (Å²) in [5, 5.41) is 5.42. The highest BCUT2D eigenvalue weighted by atomic mass is 32.2. The number of carbonyl (C=O) groups is 1. The number of carbonyl (C=O) groups excluding carboxylic acids is 1. The fourth-order valence-corrected chi connectivity index (χ4v) is 4.87. The normalized spacial score (nSPS) is 14.8. The molecule has 1 amide bonds. The number of aryl methyl sites for hydroxylation is 1. The maximum atomic E-state index is 12.8. The molecular formula is C20H17N3O3S. The molecule has 7 heteroatoms. The highest BCUT2D eigenvalue weighted by Gasteiger charge is 2.36. The van der Waals surface area contributed by atoms with Crippen molar-refractivity contribution in [3.05, 3.63) is 71.8 Å². The van der Waals surface area contributed by atoms with E-state index in [-0.39, 0.29) is 11.4 Å². The van der Waals surface area contributed by atoms with E-state index < -0.39 is 15.9 Å². The van der Waals surface area contributed by atoms with Gasteiger partial charge in [-0.25, -0.2) is 13.8 Å². The van der Waals surface area contributed by atoms with Crippen molar-refractivity contribution in [2.45, 2.75) is 11.8 Å². The molecule has 0 aliphatic carbocycles. The molecule has 6 nitrogen and oxygen atoms in total. The van der Waals surface area contributed by atoms with Crippen LogP contribution in [0.15, 0.2) is 70.7 Å². The van der Waals surface area contributed by atoms with Gasteiger partial charge in [0.25, 0.3) is 15.9 Å². The first-order valence-electron chi connectivity index (χ1n) is 8.40. The van der Waals surface area contributed by atoms with Crippen LogP contribution in [0.5, 0.6) is 0 Å². The van der Waals surface area contributed by atoms with Crippen molar-refractivity contribution in [3.8, 4) is 0 Å². The second-order valence-corrected chi connectivity index (χ2v) is 8.12. The van der Waals surface area contributed by atoms with E-state index in [4.69, 9.17) is 0 Å². The maximum Gasteiger partial charge on any atom is 0.265 e. The average Bonchev–Trinajstić information content (AvgIpc) is 2.87. The highest BCUT2D eigenvalue weighted by molar-refractivity contribution is 7.93. The van der Waals surface area contributed by atoms with Crippen molar-refractivity contribution in [3.63, 3.8) is 0 Å². The molecule has 1 heterocycles. The Morgan fingerprint density at radius 2 is 1.81 bits per heavy atom. The predicted molar refractivity (Wildman–Crippen MR) is 105 cm³/mol. The zero-order chi connectivity index (χ0) is 19.0. The fraction of sp³-hybridized carbons (Fsp3) is 0.100. The van der Waals surface area contributed by atoms with Crippen molar-refractivity contribution in [1.82, 2.24) is 5.43 Å².